The van der Waals surface area contributed by atoms with Crippen molar-refractivity contribution in [1.29, 1.82) is 0 Å². The van der Waals surface area contributed by atoms with Gasteiger partial charge >= 0.3 is 6.01 Å². The van der Waals surface area contributed by atoms with Gasteiger partial charge in [0.2, 0.25) is 5.91 Å². The van der Waals surface area contributed by atoms with Crippen LogP contribution in [0.3, 0.4) is 0 Å². The summed E-state index contributed by atoms with van der Waals surface area (Å²) in [7, 11) is 4.00. The van der Waals surface area contributed by atoms with Gasteiger partial charge in [-0.25, -0.2) is 0 Å². The zero-order valence-corrected chi connectivity index (χ0v) is 17.4. The summed E-state index contributed by atoms with van der Waals surface area (Å²) in [6.45, 7) is 8.40. The Balaban J connectivity index is 1.84. The Morgan fingerprint density at radius 2 is 2.24 bits per heavy atom. The van der Waals surface area contributed by atoms with Crippen LogP contribution in [0.25, 0.3) is 0 Å². The number of rotatable bonds is 8. The first kappa shape index (κ1) is 21.5. The van der Waals surface area contributed by atoms with Crippen molar-refractivity contribution in [1.82, 2.24) is 25.1 Å². The van der Waals surface area contributed by atoms with E-state index in [-0.39, 0.29) is 18.6 Å². The number of carbonyl (C=O) groups is 1. The van der Waals surface area contributed by atoms with Crippen molar-refractivity contribution in [2.45, 2.75) is 25.4 Å². The summed E-state index contributed by atoms with van der Waals surface area (Å²) in [5, 5.41) is 12.8. The van der Waals surface area contributed by atoms with Gasteiger partial charge in [-0.3, -0.25) is 4.79 Å². The van der Waals surface area contributed by atoms with Crippen molar-refractivity contribution in [2.75, 3.05) is 64.9 Å². The lowest BCUT2D eigenvalue weighted by molar-refractivity contribution is -0.128. The fourth-order valence-electron chi connectivity index (χ4n) is 3.81. The Hall–Kier alpha value is -2.23. The summed E-state index contributed by atoms with van der Waals surface area (Å²) in [5.41, 5.74) is 2.12. The van der Waals surface area contributed by atoms with Gasteiger partial charge in [-0.05, 0) is 39.6 Å². The van der Waals surface area contributed by atoms with Crippen molar-refractivity contribution < 1.29 is 14.6 Å². The van der Waals surface area contributed by atoms with Crippen LogP contribution in [0.1, 0.15) is 17.7 Å². The molecule has 0 radical (unpaired) electrons. The summed E-state index contributed by atoms with van der Waals surface area (Å²) < 4.78 is 5.83. The van der Waals surface area contributed by atoms with Gasteiger partial charge in [0.1, 0.15) is 12.4 Å². The van der Waals surface area contributed by atoms with Crippen LogP contribution in [-0.4, -0.2) is 96.9 Å². The Bertz CT molecular complexity index is 726. The van der Waals surface area contributed by atoms with Gasteiger partial charge in [0.15, 0.2) is 0 Å². The van der Waals surface area contributed by atoms with E-state index in [1.165, 1.54) is 6.08 Å². The minimum atomic E-state index is -0.0928. The second kappa shape index (κ2) is 10.00. The lowest BCUT2D eigenvalue weighted by Crippen LogP contribution is -2.55. The highest BCUT2D eigenvalue weighted by atomic mass is 16.5. The van der Waals surface area contributed by atoms with Gasteiger partial charge in [0.05, 0.1) is 11.7 Å². The van der Waals surface area contributed by atoms with E-state index in [0.717, 1.165) is 36.6 Å². The van der Waals surface area contributed by atoms with Crippen LogP contribution < -0.4 is 15.0 Å². The van der Waals surface area contributed by atoms with Crippen LogP contribution in [0.4, 0.5) is 5.82 Å². The third-order valence-electron chi connectivity index (χ3n) is 5.37. The molecular weight excluding hydrogens is 372 g/mol. The smallest absolute Gasteiger partial charge is 0.318 e. The van der Waals surface area contributed by atoms with Crippen molar-refractivity contribution in [3.8, 4) is 6.01 Å². The fraction of sp³-hybridized carbons (Fsp3) is 0.650. The monoisotopic (exact) mass is 404 g/mol. The molecule has 1 aromatic heterocycles. The van der Waals surface area contributed by atoms with Gasteiger partial charge in [-0.2, -0.15) is 9.97 Å². The molecule has 9 nitrogen and oxygen atoms in total. The maximum Gasteiger partial charge on any atom is 0.318 e. The second-order valence-electron chi connectivity index (χ2n) is 7.68. The molecule has 1 fully saturated rings. The van der Waals surface area contributed by atoms with Crippen molar-refractivity contribution >= 4 is 11.7 Å². The Labute approximate surface area is 172 Å². The first-order valence-electron chi connectivity index (χ1n) is 10.2. The minimum Gasteiger partial charge on any atom is -0.462 e. The van der Waals surface area contributed by atoms with Crippen LogP contribution in [0.2, 0.25) is 0 Å². The van der Waals surface area contributed by atoms with E-state index in [4.69, 9.17) is 9.72 Å². The number of nitrogens with zero attached hydrogens (tertiary/aromatic N) is 5. The molecule has 1 saturated heterocycles. The maximum absolute atomic E-state index is 12.2. The van der Waals surface area contributed by atoms with Gasteiger partial charge < -0.3 is 29.9 Å². The minimum absolute atomic E-state index is 0.0319. The van der Waals surface area contributed by atoms with E-state index in [1.54, 1.807) is 4.90 Å². The molecule has 9 heteroatoms. The molecule has 0 aliphatic carbocycles. The molecule has 1 unspecified atom stereocenters. The number of hydrogen-bond donors (Lipinski definition) is 2. The molecule has 2 aliphatic rings. The van der Waals surface area contributed by atoms with Crippen LogP contribution in [-0.2, 0) is 17.8 Å². The van der Waals surface area contributed by atoms with E-state index < -0.39 is 0 Å². The number of amides is 1. The molecule has 1 aromatic rings. The molecule has 2 N–H and O–H groups in total. The van der Waals surface area contributed by atoms with E-state index in [1.807, 2.05) is 14.1 Å². The van der Waals surface area contributed by atoms with Crippen LogP contribution >= 0.6 is 0 Å². The van der Waals surface area contributed by atoms with Gasteiger partial charge in [-0.1, -0.05) is 6.58 Å². The molecular formula is C20H32N6O3. The van der Waals surface area contributed by atoms with E-state index >= 15 is 0 Å². The average Bonchev–Trinajstić information content (AvgIpc) is 2.72. The van der Waals surface area contributed by atoms with Gasteiger partial charge in [0, 0.05) is 44.9 Å². The molecule has 0 spiro atoms. The number of fused-ring (bicyclic) bond motifs is 1. The molecule has 0 bridgehead atoms. The van der Waals surface area contributed by atoms with E-state index in [9.17, 15) is 9.90 Å². The third-order valence-corrected chi connectivity index (χ3v) is 5.37. The molecule has 0 aromatic carbocycles. The predicted octanol–water partition coefficient (Wildman–Crippen LogP) is -0.352. The number of carbonyl (C=O) groups excluding carboxylic acids is 1. The number of aliphatic hydroxyl groups is 1. The number of likely N-dealkylation sites (N-methyl/N-ethyl adjacent to an activating group) is 1. The Kier molecular flexibility index (Phi) is 7.40. The topological polar surface area (TPSA) is 94.1 Å². The SMILES string of the molecule is C=CC(=O)N1CCN(c2nc(OCCN(C)C)nc3c2CCNC3)CC1CCO. The second-order valence-corrected chi connectivity index (χ2v) is 7.68. The lowest BCUT2D eigenvalue weighted by Gasteiger charge is -2.42. The van der Waals surface area contributed by atoms with Gasteiger partial charge in [0.25, 0.3) is 0 Å². The van der Waals surface area contributed by atoms with Crippen molar-refractivity contribution in [3.63, 3.8) is 0 Å². The molecule has 160 valence electrons. The number of piperazine rings is 1. The highest BCUT2D eigenvalue weighted by molar-refractivity contribution is 5.87. The predicted molar refractivity (Wildman–Crippen MR) is 111 cm³/mol. The number of aliphatic hydroxyl groups excluding tert-OH is 1. The van der Waals surface area contributed by atoms with Crippen LogP contribution in [0.5, 0.6) is 6.01 Å². The summed E-state index contributed by atoms with van der Waals surface area (Å²) in [6, 6.07) is 0.317. The number of aromatic nitrogens is 2. The first-order chi connectivity index (χ1) is 14.0. The summed E-state index contributed by atoms with van der Waals surface area (Å²) in [5.74, 6) is 0.801. The summed E-state index contributed by atoms with van der Waals surface area (Å²) in [6.07, 6.45) is 2.73. The lowest BCUT2D eigenvalue weighted by atomic mass is 10.0. The van der Waals surface area contributed by atoms with E-state index in [2.05, 4.69) is 26.7 Å². The van der Waals surface area contributed by atoms with Gasteiger partial charge in [-0.15, -0.1) is 0 Å². The maximum atomic E-state index is 12.2. The third kappa shape index (κ3) is 5.23. The summed E-state index contributed by atoms with van der Waals surface area (Å²) in [4.78, 5) is 27.6. The first-order valence-corrected chi connectivity index (χ1v) is 10.2. The highest BCUT2D eigenvalue weighted by Crippen LogP contribution is 2.28. The zero-order chi connectivity index (χ0) is 20.8. The molecule has 1 amide bonds. The highest BCUT2D eigenvalue weighted by Gasteiger charge is 2.32. The molecule has 29 heavy (non-hydrogen) atoms. The Morgan fingerprint density at radius 1 is 1.41 bits per heavy atom. The van der Waals surface area contributed by atoms with Crippen LogP contribution in [0.15, 0.2) is 12.7 Å². The zero-order valence-electron chi connectivity index (χ0n) is 17.4. The van der Waals surface area contributed by atoms with Crippen LogP contribution in [0, 0.1) is 0 Å². The number of ether oxygens (including phenoxy) is 1. The molecule has 2 aliphatic heterocycles. The number of hydrogen-bond acceptors (Lipinski definition) is 8. The largest absolute Gasteiger partial charge is 0.462 e. The fourth-order valence-corrected chi connectivity index (χ4v) is 3.81. The average molecular weight is 405 g/mol. The number of nitrogens with one attached hydrogen (secondary N) is 1. The van der Waals surface area contributed by atoms with Crippen molar-refractivity contribution in [2.24, 2.45) is 0 Å². The molecule has 0 saturated carbocycles. The van der Waals surface area contributed by atoms with E-state index in [0.29, 0.717) is 45.2 Å². The standard InChI is InChI=1S/C20H32N6O3/c1-4-18(28)26-9-8-25(14-15(26)6-11-27)19-16-5-7-21-13-17(16)22-20(23-19)29-12-10-24(2)3/h4,15,21,27H,1,5-14H2,2-3H3. The molecule has 3 rings (SSSR count). The number of anilines is 1. The Morgan fingerprint density at radius 3 is 2.97 bits per heavy atom. The normalized spacial score (nSPS) is 19.2. The summed E-state index contributed by atoms with van der Waals surface area (Å²) >= 11 is 0. The van der Waals surface area contributed by atoms with Crippen molar-refractivity contribution in [3.05, 3.63) is 23.9 Å². The quantitative estimate of drug-likeness (QED) is 0.568. The molecule has 3 heterocycles. The molecule has 1 atom stereocenters.